The molecule has 3 rings (SSSR count). The van der Waals surface area contributed by atoms with Crippen LogP contribution in [0.3, 0.4) is 0 Å². The summed E-state index contributed by atoms with van der Waals surface area (Å²) in [7, 11) is 0. The molecule has 3 N–H and O–H groups in total. The van der Waals surface area contributed by atoms with Crippen molar-refractivity contribution < 1.29 is 27.6 Å². The molecule has 3 aromatic rings. The number of hydrogen-bond acceptors (Lipinski definition) is 5. The van der Waals surface area contributed by atoms with Crippen LogP contribution < -0.4 is 16.0 Å². The standard InChI is InChI=1S/C20H18FN3O5/c1-11(22-19(26)13-5-7-28-10-13)18(25)23-14-3-4-16(21)17(9-14)24-20(27)15-6-8-29-12(15)2/h3-11H,1-2H3,(H,22,26)(H,23,25)(H,24,27)/t11-/m0/s1. The molecule has 3 amide bonds. The summed E-state index contributed by atoms with van der Waals surface area (Å²) in [5.41, 5.74) is 0.698. The van der Waals surface area contributed by atoms with Crippen LogP contribution in [-0.2, 0) is 4.79 Å². The number of halogens is 1. The van der Waals surface area contributed by atoms with Crippen LogP contribution in [0.15, 0.2) is 58.0 Å². The second-order valence-electron chi connectivity index (χ2n) is 6.24. The summed E-state index contributed by atoms with van der Waals surface area (Å²) in [5, 5.41) is 7.53. The van der Waals surface area contributed by atoms with Gasteiger partial charge in [-0.2, -0.15) is 0 Å². The van der Waals surface area contributed by atoms with Gasteiger partial charge in [0.1, 0.15) is 23.9 Å². The van der Waals surface area contributed by atoms with E-state index in [0.29, 0.717) is 5.76 Å². The van der Waals surface area contributed by atoms with Crippen LogP contribution >= 0.6 is 0 Å². The van der Waals surface area contributed by atoms with Gasteiger partial charge in [-0.1, -0.05) is 0 Å². The first-order valence-electron chi connectivity index (χ1n) is 8.64. The lowest BCUT2D eigenvalue weighted by atomic mass is 10.2. The number of furan rings is 2. The largest absolute Gasteiger partial charge is 0.472 e. The van der Waals surface area contributed by atoms with Gasteiger partial charge in [0.25, 0.3) is 11.8 Å². The van der Waals surface area contributed by atoms with Crippen molar-refractivity contribution in [1.82, 2.24) is 5.32 Å². The van der Waals surface area contributed by atoms with Gasteiger partial charge in [0, 0.05) is 5.69 Å². The van der Waals surface area contributed by atoms with Gasteiger partial charge in [0.05, 0.1) is 29.3 Å². The third-order valence-corrected chi connectivity index (χ3v) is 4.11. The van der Waals surface area contributed by atoms with Crippen LogP contribution in [0.25, 0.3) is 0 Å². The van der Waals surface area contributed by atoms with E-state index < -0.39 is 29.6 Å². The molecule has 29 heavy (non-hydrogen) atoms. The second kappa shape index (κ2) is 8.42. The van der Waals surface area contributed by atoms with Crippen LogP contribution in [-0.4, -0.2) is 23.8 Å². The quantitative estimate of drug-likeness (QED) is 0.588. The number of hydrogen-bond donors (Lipinski definition) is 3. The lowest BCUT2D eigenvalue weighted by Crippen LogP contribution is -2.41. The van der Waals surface area contributed by atoms with Crippen molar-refractivity contribution in [2.75, 3.05) is 10.6 Å². The van der Waals surface area contributed by atoms with Crippen LogP contribution in [0, 0.1) is 12.7 Å². The van der Waals surface area contributed by atoms with Crippen molar-refractivity contribution >= 4 is 29.1 Å². The van der Waals surface area contributed by atoms with Crippen LogP contribution in [0.4, 0.5) is 15.8 Å². The number of benzene rings is 1. The Kier molecular flexibility index (Phi) is 5.77. The minimum Gasteiger partial charge on any atom is -0.472 e. The van der Waals surface area contributed by atoms with Gasteiger partial charge < -0.3 is 24.8 Å². The van der Waals surface area contributed by atoms with E-state index in [4.69, 9.17) is 8.83 Å². The lowest BCUT2D eigenvalue weighted by Gasteiger charge is -2.14. The first-order chi connectivity index (χ1) is 13.8. The maximum atomic E-state index is 14.1. The molecular formula is C20H18FN3O5. The predicted octanol–water partition coefficient (Wildman–Crippen LogP) is 3.33. The van der Waals surface area contributed by atoms with Gasteiger partial charge in [0.15, 0.2) is 0 Å². The van der Waals surface area contributed by atoms with Crippen LogP contribution in [0.5, 0.6) is 0 Å². The fourth-order valence-electron chi connectivity index (χ4n) is 2.50. The van der Waals surface area contributed by atoms with Crippen molar-refractivity contribution in [3.8, 4) is 0 Å². The maximum absolute atomic E-state index is 14.1. The molecule has 0 saturated heterocycles. The van der Waals surface area contributed by atoms with Gasteiger partial charge in [0.2, 0.25) is 5.91 Å². The fourth-order valence-corrected chi connectivity index (χ4v) is 2.50. The number of nitrogens with one attached hydrogen (secondary N) is 3. The minimum atomic E-state index is -0.867. The van der Waals surface area contributed by atoms with Gasteiger partial charge in [-0.05, 0) is 44.2 Å². The first kappa shape index (κ1) is 19.9. The van der Waals surface area contributed by atoms with Crippen LogP contribution in [0.2, 0.25) is 0 Å². The van der Waals surface area contributed by atoms with E-state index in [0.717, 1.165) is 6.07 Å². The molecule has 8 nitrogen and oxygen atoms in total. The van der Waals surface area contributed by atoms with Gasteiger partial charge in [-0.25, -0.2) is 4.39 Å². The Bertz CT molecular complexity index is 1040. The predicted molar refractivity (Wildman–Crippen MR) is 102 cm³/mol. The zero-order valence-corrected chi connectivity index (χ0v) is 15.6. The molecule has 0 radical (unpaired) electrons. The molecule has 0 bridgehead atoms. The number of carbonyl (C=O) groups excluding carboxylic acids is 3. The molecule has 0 saturated carbocycles. The second-order valence-corrected chi connectivity index (χ2v) is 6.24. The molecule has 0 unspecified atom stereocenters. The Hall–Kier alpha value is -3.88. The average Bonchev–Trinajstić information content (AvgIpc) is 3.36. The highest BCUT2D eigenvalue weighted by molar-refractivity contribution is 6.05. The summed E-state index contributed by atoms with van der Waals surface area (Å²) in [5.74, 6) is -1.80. The Labute approximate surface area is 165 Å². The minimum absolute atomic E-state index is 0.108. The Morgan fingerprint density at radius 2 is 1.83 bits per heavy atom. The van der Waals surface area contributed by atoms with E-state index in [1.165, 1.54) is 50.0 Å². The topological polar surface area (TPSA) is 114 Å². The average molecular weight is 399 g/mol. The molecular weight excluding hydrogens is 381 g/mol. The van der Waals surface area contributed by atoms with E-state index in [2.05, 4.69) is 16.0 Å². The van der Waals surface area contributed by atoms with E-state index in [-0.39, 0.29) is 22.5 Å². The van der Waals surface area contributed by atoms with E-state index in [1.54, 1.807) is 6.92 Å². The van der Waals surface area contributed by atoms with Crippen molar-refractivity contribution in [3.05, 3.63) is 71.8 Å². The number of amides is 3. The molecule has 0 spiro atoms. The summed E-state index contributed by atoms with van der Waals surface area (Å²) in [4.78, 5) is 36.5. The molecule has 1 aromatic carbocycles. The van der Waals surface area contributed by atoms with E-state index in [9.17, 15) is 18.8 Å². The zero-order valence-electron chi connectivity index (χ0n) is 15.6. The van der Waals surface area contributed by atoms with Crippen molar-refractivity contribution in [2.24, 2.45) is 0 Å². The maximum Gasteiger partial charge on any atom is 0.259 e. The Balaban J connectivity index is 1.65. The summed E-state index contributed by atoms with van der Waals surface area (Å²) in [6.07, 6.45) is 3.96. The van der Waals surface area contributed by atoms with Gasteiger partial charge in [-0.15, -0.1) is 0 Å². The summed E-state index contributed by atoms with van der Waals surface area (Å²) in [6.45, 7) is 3.11. The Morgan fingerprint density at radius 3 is 2.48 bits per heavy atom. The van der Waals surface area contributed by atoms with Gasteiger partial charge >= 0.3 is 0 Å². The number of anilines is 2. The van der Waals surface area contributed by atoms with Crippen molar-refractivity contribution in [2.45, 2.75) is 19.9 Å². The Morgan fingerprint density at radius 1 is 1.03 bits per heavy atom. The normalized spacial score (nSPS) is 11.6. The highest BCUT2D eigenvalue weighted by Crippen LogP contribution is 2.21. The third kappa shape index (κ3) is 4.70. The molecule has 0 fully saturated rings. The number of aryl methyl sites for hydroxylation is 1. The first-order valence-corrected chi connectivity index (χ1v) is 8.64. The summed E-state index contributed by atoms with van der Waals surface area (Å²) >= 11 is 0. The zero-order chi connectivity index (χ0) is 21.0. The smallest absolute Gasteiger partial charge is 0.259 e. The fraction of sp³-hybridized carbons (Fsp3) is 0.150. The van der Waals surface area contributed by atoms with E-state index in [1.807, 2.05) is 0 Å². The molecule has 2 heterocycles. The van der Waals surface area contributed by atoms with Crippen molar-refractivity contribution in [3.63, 3.8) is 0 Å². The molecule has 0 aliphatic rings. The summed E-state index contributed by atoms with van der Waals surface area (Å²) in [6, 6.07) is 5.81. The van der Waals surface area contributed by atoms with Crippen molar-refractivity contribution in [1.29, 1.82) is 0 Å². The summed E-state index contributed by atoms with van der Waals surface area (Å²) < 4.78 is 24.0. The lowest BCUT2D eigenvalue weighted by molar-refractivity contribution is -0.117. The highest BCUT2D eigenvalue weighted by atomic mass is 19.1. The van der Waals surface area contributed by atoms with Crippen LogP contribution in [0.1, 0.15) is 33.4 Å². The number of carbonyl (C=O) groups is 3. The molecule has 0 aliphatic heterocycles. The monoisotopic (exact) mass is 399 g/mol. The van der Waals surface area contributed by atoms with Gasteiger partial charge in [-0.3, -0.25) is 14.4 Å². The SMILES string of the molecule is Cc1occc1C(=O)Nc1cc(NC(=O)[C@H](C)NC(=O)c2ccoc2)ccc1F. The molecule has 150 valence electrons. The molecule has 9 heteroatoms. The molecule has 1 atom stereocenters. The third-order valence-electron chi connectivity index (χ3n) is 4.11. The molecule has 2 aromatic heterocycles. The molecule has 0 aliphatic carbocycles. The number of rotatable bonds is 6. The highest BCUT2D eigenvalue weighted by Gasteiger charge is 2.19. The van der Waals surface area contributed by atoms with E-state index >= 15 is 0 Å².